The Labute approximate surface area is 109 Å². The second kappa shape index (κ2) is 5.69. The zero-order chi connectivity index (χ0) is 13.0. The molecule has 0 saturated carbocycles. The highest BCUT2D eigenvalue weighted by Gasteiger charge is 2.38. The topological polar surface area (TPSA) is 47.7 Å². The van der Waals surface area contributed by atoms with Gasteiger partial charge in [0.15, 0.2) is 0 Å². The molecule has 2 rings (SSSR count). The van der Waals surface area contributed by atoms with Crippen molar-refractivity contribution >= 4 is 0 Å². The van der Waals surface area contributed by atoms with Crippen LogP contribution in [-0.2, 0) is 10.3 Å². The molecule has 1 saturated heterocycles. The van der Waals surface area contributed by atoms with Crippen LogP contribution in [0, 0.1) is 0 Å². The second-order valence-corrected chi connectivity index (χ2v) is 4.67. The Morgan fingerprint density at radius 3 is 2.67 bits per heavy atom. The first-order valence-electron chi connectivity index (χ1n) is 6.45. The molecule has 18 heavy (non-hydrogen) atoms. The van der Waals surface area contributed by atoms with E-state index in [1.807, 2.05) is 19.1 Å². The molecule has 1 aliphatic heterocycles. The molecule has 0 amide bonds. The van der Waals surface area contributed by atoms with Crippen LogP contribution in [0.15, 0.2) is 24.3 Å². The van der Waals surface area contributed by atoms with E-state index in [0.717, 1.165) is 18.9 Å². The molecule has 1 atom stereocenters. The molecule has 0 bridgehead atoms. The van der Waals surface area contributed by atoms with Crippen LogP contribution < -0.4 is 10.5 Å². The van der Waals surface area contributed by atoms with E-state index in [-0.39, 0.29) is 5.54 Å². The highest BCUT2D eigenvalue weighted by Crippen LogP contribution is 2.30. The Balaban J connectivity index is 2.26. The van der Waals surface area contributed by atoms with Crippen molar-refractivity contribution in [2.45, 2.75) is 12.5 Å². The van der Waals surface area contributed by atoms with Crippen LogP contribution in [0.5, 0.6) is 5.75 Å². The van der Waals surface area contributed by atoms with Gasteiger partial charge in [0.1, 0.15) is 5.75 Å². The number of ether oxygens (including phenoxy) is 2. The van der Waals surface area contributed by atoms with E-state index >= 15 is 0 Å². The van der Waals surface area contributed by atoms with Crippen molar-refractivity contribution in [3.63, 3.8) is 0 Å². The minimum Gasteiger partial charge on any atom is -0.494 e. The second-order valence-electron chi connectivity index (χ2n) is 4.67. The Hall–Kier alpha value is -1.10. The van der Waals surface area contributed by atoms with E-state index < -0.39 is 0 Å². The Kier molecular flexibility index (Phi) is 4.22. The van der Waals surface area contributed by atoms with Gasteiger partial charge in [-0.3, -0.25) is 4.90 Å². The largest absolute Gasteiger partial charge is 0.494 e. The lowest BCUT2D eigenvalue weighted by atomic mass is 9.88. The number of morpholine rings is 1. The van der Waals surface area contributed by atoms with Crippen molar-refractivity contribution in [3.8, 4) is 5.75 Å². The molecule has 1 aromatic carbocycles. The van der Waals surface area contributed by atoms with Crippen LogP contribution in [0.2, 0.25) is 0 Å². The summed E-state index contributed by atoms with van der Waals surface area (Å²) in [5, 5.41) is 0. The molecule has 1 fully saturated rings. The number of nitrogens with two attached hydrogens (primary N) is 1. The Morgan fingerprint density at radius 1 is 1.39 bits per heavy atom. The molecule has 2 N–H and O–H groups in total. The third kappa shape index (κ3) is 2.36. The van der Waals surface area contributed by atoms with E-state index in [2.05, 4.69) is 24.1 Å². The van der Waals surface area contributed by atoms with E-state index in [4.69, 9.17) is 15.2 Å². The van der Waals surface area contributed by atoms with Crippen molar-refractivity contribution in [2.24, 2.45) is 5.73 Å². The molecule has 1 heterocycles. The van der Waals surface area contributed by atoms with E-state index in [9.17, 15) is 0 Å². The van der Waals surface area contributed by atoms with Gasteiger partial charge in [-0.15, -0.1) is 0 Å². The normalized spacial score (nSPS) is 25.1. The molecule has 4 nitrogen and oxygen atoms in total. The number of rotatable bonds is 4. The van der Waals surface area contributed by atoms with E-state index in [1.165, 1.54) is 5.56 Å². The summed E-state index contributed by atoms with van der Waals surface area (Å²) < 4.78 is 11.1. The standard InChI is InChI=1S/C14H22N2O2/c1-3-18-13-6-4-12(5-7-13)14(10-15)11-17-9-8-16(14)2/h4-7H,3,8-11,15H2,1-2H3. The summed E-state index contributed by atoms with van der Waals surface area (Å²) in [7, 11) is 2.10. The lowest BCUT2D eigenvalue weighted by Gasteiger charge is -2.44. The first-order valence-corrected chi connectivity index (χ1v) is 6.45. The van der Waals surface area contributed by atoms with Crippen LogP contribution >= 0.6 is 0 Å². The zero-order valence-corrected chi connectivity index (χ0v) is 11.2. The average molecular weight is 250 g/mol. The number of hydrogen-bond acceptors (Lipinski definition) is 4. The predicted molar refractivity (Wildman–Crippen MR) is 71.8 cm³/mol. The van der Waals surface area contributed by atoms with Crippen molar-refractivity contribution in [3.05, 3.63) is 29.8 Å². The number of nitrogens with zero attached hydrogens (tertiary/aromatic N) is 1. The van der Waals surface area contributed by atoms with Gasteiger partial charge in [0.2, 0.25) is 0 Å². The summed E-state index contributed by atoms with van der Waals surface area (Å²) in [6, 6.07) is 8.17. The summed E-state index contributed by atoms with van der Waals surface area (Å²) in [6.45, 7) is 5.55. The van der Waals surface area contributed by atoms with Crippen LogP contribution in [0.1, 0.15) is 12.5 Å². The van der Waals surface area contributed by atoms with Gasteiger partial charge in [-0.25, -0.2) is 0 Å². The average Bonchev–Trinajstić information content (AvgIpc) is 2.41. The maximum absolute atomic E-state index is 6.00. The van der Waals surface area contributed by atoms with Crippen LogP contribution in [0.3, 0.4) is 0 Å². The summed E-state index contributed by atoms with van der Waals surface area (Å²) in [6.07, 6.45) is 0. The van der Waals surface area contributed by atoms with Gasteiger partial charge in [0.25, 0.3) is 0 Å². The van der Waals surface area contributed by atoms with Crippen LogP contribution in [-0.4, -0.2) is 44.9 Å². The fourth-order valence-corrected chi connectivity index (χ4v) is 2.43. The fourth-order valence-electron chi connectivity index (χ4n) is 2.43. The van der Waals surface area contributed by atoms with E-state index in [0.29, 0.717) is 19.8 Å². The molecule has 4 heteroatoms. The van der Waals surface area contributed by atoms with Gasteiger partial charge in [-0.05, 0) is 31.7 Å². The molecule has 1 aromatic rings. The first-order chi connectivity index (χ1) is 8.73. The highest BCUT2D eigenvalue weighted by molar-refractivity contribution is 5.33. The van der Waals surface area contributed by atoms with Crippen molar-refractivity contribution in [1.82, 2.24) is 4.90 Å². The minimum atomic E-state index is -0.205. The number of benzene rings is 1. The molecule has 100 valence electrons. The zero-order valence-electron chi connectivity index (χ0n) is 11.2. The molecule has 0 spiro atoms. The van der Waals surface area contributed by atoms with Crippen LogP contribution in [0.25, 0.3) is 0 Å². The molecule has 1 unspecified atom stereocenters. The van der Waals surface area contributed by atoms with Crippen LogP contribution in [0.4, 0.5) is 0 Å². The molecular weight excluding hydrogens is 228 g/mol. The third-order valence-corrected chi connectivity index (χ3v) is 3.68. The summed E-state index contributed by atoms with van der Waals surface area (Å²) >= 11 is 0. The monoisotopic (exact) mass is 250 g/mol. The third-order valence-electron chi connectivity index (χ3n) is 3.68. The molecular formula is C14H22N2O2. The van der Waals surface area contributed by atoms with Crippen molar-refractivity contribution < 1.29 is 9.47 Å². The lowest BCUT2D eigenvalue weighted by Crippen LogP contribution is -2.56. The van der Waals surface area contributed by atoms with Gasteiger partial charge < -0.3 is 15.2 Å². The number of hydrogen-bond donors (Lipinski definition) is 1. The summed E-state index contributed by atoms with van der Waals surface area (Å²) in [5.74, 6) is 0.896. The van der Waals surface area contributed by atoms with E-state index in [1.54, 1.807) is 0 Å². The Bertz CT molecular complexity index is 380. The summed E-state index contributed by atoms with van der Waals surface area (Å²) in [4.78, 5) is 2.28. The summed E-state index contributed by atoms with van der Waals surface area (Å²) in [5.41, 5.74) is 6.99. The molecule has 0 aliphatic carbocycles. The number of likely N-dealkylation sites (N-methyl/N-ethyl adjacent to an activating group) is 1. The van der Waals surface area contributed by atoms with Gasteiger partial charge in [-0.1, -0.05) is 12.1 Å². The molecule has 0 radical (unpaired) electrons. The van der Waals surface area contributed by atoms with Gasteiger partial charge in [-0.2, -0.15) is 0 Å². The van der Waals surface area contributed by atoms with Gasteiger partial charge >= 0.3 is 0 Å². The first kappa shape index (κ1) is 13.3. The van der Waals surface area contributed by atoms with Crippen molar-refractivity contribution in [2.75, 3.05) is 40.0 Å². The maximum atomic E-state index is 6.00. The Morgan fingerprint density at radius 2 is 2.11 bits per heavy atom. The fraction of sp³-hybridized carbons (Fsp3) is 0.571. The maximum Gasteiger partial charge on any atom is 0.119 e. The quantitative estimate of drug-likeness (QED) is 0.872. The van der Waals surface area contributed by atoms with Gasteiger partial charge in [0, 0.05) is 13.1 Å². The highest BCUT2D eigenvalue weighted by atomic mass is 16.5. The predicted octanol–water partition coefficient (Wildman–Crippen LogP) is 1.20. The molecule has 1 aliphatic rings. The van der Waals surface area contributed by atoms with Crippen molar-refractivity contribution in [1.29, 1.82) is 0 Å². The molecule has 0 aromatic heterocycles. The lowest BCUT2D eigenvalue weighted by molar-refractivity contribution is -0.0549. The smallest absolute Gasteiger partial charge is 0.119 e. The SMILES string of the molecule is CCOc1ccc(C2(CN)COCCN2C)cc1. The minimum absolute atomic E-state index is 0.205. The van der Waals surface area contributed by atoms with Gasteiger partial charge in [0.05, 0.1) is 25.4 Å².